The molecule has 1 unspecified atom stereocenters. The molecule has 50 heavy (non-hydrogen) atoms. The van der Waals surface area contributed by atoms with Crippen molar-refractivity contribution in [2.45, 2.75) is 69.9 Å². The molecule has 11 nitrogen and oxygen atoms in total. The number of hydrogen-bond donors (Lipinski definition) is 2. The van der Waals surface area contributed by atoms with Crippen LogP contribution in [0.25, 0.3) is 5.73 Å². The second-order valence-corrected chi connectivity index (χ2v) is 13.9. The maximum atomic E-state index is 12.7. The van der Waals surface area contributed by atoms with Gasteiger partial charge in [0.25, 0.3) is 0 Å². The number of fused-ring (bicyclic) bond motifs is 1. The number of nitrogens with one attached hydrogen (secondary N) is 2. The second-order valence-electron chi connectivity index (χ2n) is 13.5. The lowest BCUT2D eigenvalue weighted by Crippen LogP contribution is -2.55. The molecule has 1 atom stereocenters. The molecule has 2 aromatic rings. The number of piperazine rings is 1. The van der Waals surface area contributed by atoms with Crippen LogP contribution in [-0.4, -0.2) is 131 Å². The molecule has 4 aliphatic heterocycles. The smallest absolute Gasteiger partial charge is 0.407 e. The third-order valence-corrected chi connectivity index (χ3v) is 10.5. The van der Waals surface area contributed by atoms with Crippen LogP contribution in [0, 0.1) is 6.92 Å². The van der Waals surface area contributed by atoms with E-state index in [1.54, 1.807) is 11.0 Å². The monoisotopic (exact) mass is 720 g/mol. The number of alkyl halides is 3. The summed E-state index contributed by atoms with van der Waals surface area (Å²) >= 11 is 6.04. The summed E-state index contributed by atoms with van der Waals surface area (Å²) in [5.74, 6) is -0.156. The molecular weight excluding hydrogens is 675 g/mol. The molecule has 0 radical (unpaired) electrons. The van der Waals surface area contributed by atoms with Crippen molar-refractivity contribution in [3.8, 4) is 0 Å². The molecular formula is C35H46ClF3N7O4-. The molecule has 3 fully saturated rings. The van der Waals surface area contributed by atoms with Crippen molar-refractivity contribution in [3.05, 3.63) is 69.9 Å². The minimum atomic E-state index is -4.15. The molecule has 6 rings (SSSR count). The topological polar surface area (TPSA) is 123 Å². The van der Waals surface area contributed by atoms with Gasteiger partial charge in [-0.15, -0.1) is 0 Å². The highest BCUT2D eigenvalue weighted by atomic mass is 35.5. The maximum Gasteiger partial charge on any atom is 0.407 e. The SMILES string of the molecule is Cc1cc(CC([NH-])C(=O)N2CCC(N3CCN(CC(F)(F)F)CC3)CC2)ccc1Cl.O=C(O)N1CCC(N2Cc3ccccc3NC2=O)CC1. The lowest BCUT2D eigenvalue weighted by Gasteiger charge is -2.43. The van der Waals surface area contributed by atoms with E-state index in [2.05, 4.69) is 10.2 Å². The van der Waals surface area contributed by atoms with Gasteiger partial charge in [-0.1, -0.05) is 48.0 Å². The first-order valence-corrected chi connectivity index (χ1v) is 17.6. The molecule has 0 saturated carbocycles. The number of anilines is 1. The van der Waals surface area contributed by atoms with Gasteiger partial charge in [0.15, 0.2) is 0 Å². The molecule has 3 saturated heterocycles. The average molecular weight is 721 g/mol. The normalized spacial score (nSPS) is 20.4. The third kappa shape index (κ3) is 10.0. The van der Waals surface area contributed by atoms with Crippen LogP contribution < -0.4 is 5.32 Å². The van der Waals surface area contributed by atoms with Crippen LogP contribution in [-0.2, 0) is 17.8 Å². The highest BCUT2D eigenvalue weighted by Crippen LogP contribution is 2.28. The Morgan fingerprint density at radius 1 is 0.940 bits per heavy atom. The zero-order valence-electron chi connectivity index (χ0n) is 28.3. The average Bonchev–Trinajstić information content (AvgIpc) is 3.09. The largest absolute Gasteiger partial charge is 0.667 e. The van der Waals surface area contributed by atoms with Crippen molar-refractivity contribution in [1.29, 1.82) is 0 Å². The molecule has 0 aromatic heterocycles. The summed E-state index contributed by atoms with van der Waals surface area (Å²) in [6.45, 7) is 5.95. The predicted molar refractivity (Wildman–Crippen MR) is 185 cm³/mol. The van der Waals surface area contributed by atoms with Gasteiger partial charge in [-0.2, -0.15) is 13.2 Å². The Bertz CT molecular complexity index is 1490. The number of halogens is 4. The number of carbonyl (C=O) groups excluding carboxylic acids is 2. The van der Waals surface area contributed by atoms with Crippen LogP contribution in [0.4, 0.5) is 28.4 Å². The first-order valence-electron chi connectivity index (χ1n) is 17.2. The van der Waals surface area contributed by atoms with E-state index in [1.165, 1.54) is 9.80 Å². The molecule has 274 valence electrons. The molecule has 4 heterocycles. The van der Waals surface area contributed by atoms with Crippen LogP contribution in [0.5, 0.6) is 0 Å². The Morgan fingerprint density at radius 2 is 1.56 bits per heavy atom. The summed E-state index contributed by atoms with van der Waals surface area (Å²) < 4.78 is 37.6. The lowest BCUT2D eigenvalue weighted by atomic mass is 9.99. The molecule has 2 aromatic carbocycles. The number of benzene rings is 2. The molecule has 0 bridgehead atoms. The molecule has 0 spiro atoms. The van der Waals surface area contributed by atoms with Crippen LogP contribution in [0.15, 0.2) is 42.5 Å². The van der Waals surface area contributed by atoms with E-state index in [1.807, 2.05) is 48.2 Å². The van der Waals surface area contributed by atoms with E-state index in [0.29, 0.717) is 89.2 Å². The summed E-state index contributed by atoms with van der Waals surface area (Å²) in [7, 11) is 0. The minimum absolute atomic E-state index is 0.0857. The standard InChI is InChI=1S/C21H29ClF3N4O.C14H17N3O3/c1-15-12-16(2-3-18(15)22)13-19(26)20(30)29-6-4-17(5-7-29)28-10-8-27(9-11-28)14-21(23,24)25;18-13-15-12-4-2-1-3-10(12)9-17(13)11-5-7-16(8-6-11)14(19)20/h2-3,12,17,19,26H,4-11,13-14H2,1H3;1-4,11H,5-9H2,(H,15,18)(H,19,20)/q-1;. The zero-order valence-corrected chi connectivity index (χ0v) is 29.1. The summed E-state index contributed by atoms with van der Waals surface area (Å²) in [5, 5.41) is 12.5. The number of urea groups is 1. The van der Waals surface area contributed by atoms with Crippen molar-refractivity contribution < 1.29 is 32.7 Å². The Balaban J connectivity index is 0.000000210. The van der Waals surface area contributed by atoms with Gasteiger partial charge in [0.05, 0.1) is 6.54 Å². The predicted octanol–water partition coefficient (Wildman–Crippen LogP) is 5.96. The fraction of sp³-hybridized carbons (Fsp3) is 0.571. The minimum Gasteiger partial charge on any atom is -0.667 e. The Labute approximate surface area is 296 Å². The number of piperidine rings is 2. The van der Waals surface area contributed by atoms with E-state index >= 15 is 0 Å². The van der Waals surface area contributed by atoms with Gasteiger partial charge in [0.1, 0.15) is 0 Å². The van der Waals surface area contributed by atoms with Crippen LogP contribution >= 0.6 is 11.6 Å². The van der Waals surface area contributed by atoms with Crippen molar-refractivity contribution >= 4 is 35.3 Å². The molecule has 0 aliphatic carbocycles. The number of carbonyl (C=O) groups is 3. The van der Waals surface area contributed by atoms with E-state index in [9.17, 15) is 27.6 Å². The highest BCUT2D eigenvalue weighted by Gasteiger charge is 2.35. The van der Waals surface area contributed by atoms with E-state index < -0.39 is 24.9 Å². The first kappa shape index (κ1) is 37.7. The Kier molecular flexibility index (Phi) is 12.5. The summed E-state index contributed by atoms with van der Waals surface area (Å²) in [4.78, 5) is 44.5. The second kappa shape index (κ2) is 16.6. The molecule has 15 heteroatoms. The van der Waals surface area contributed by atoms with Crippen molar-refractivity contribution in [1.82, 2.24) is 24.5 Å². The summed E-state index contributed by atoms with van der Waals surface area (Å²) in [6, 6.07) is 12.8. The molecule has 4 aliphatic rings. The number of nitrogens with zero attached hydrogens (tertiary/aromatic N) is 5. The number of hydrogen-bond acceptors (Lipinski definition) is 5. The van der Waals surface area contributed by atoms with Gasteiger partial charge < -0.3 is 30.9 Å². The lowest BCUT2D eigenvalue weighted by molar-refractivity contribution is -0.150. The quantitative estimate of drug-likeness (QED) is 0.380. The van der Waals surface area contributed by atoms with Crippen LogP contribution in [0.2, 0.25) is 5.02 Å². The number of amides is 4. The Morgan fingerprint density at radius 3 is 2.18 bits per heavy atom. The van der Waals surface area contributed by atoms with Crippen molar-refractivity contribution in [3.63, 3.8) is 0 Å². The molecule has 4 amide bonds. The summed E-state index contributed by atoms with van der Waals surface area (Å²) in [6.07, 6.45) is -1.67. The van der Waals surface area contributed by atoms with Gasteiger partial charge >= 0.3 is 18.3 Å². The van der Waals surface area contributed by atoms with Crippen LogP contribution in [0.3, 0.4) is 0 Å². The number of aryl methyl sites for hydroxylation is 1. The number of para-hydroxylation sites is 1. The van der Waals surface area contributed by atoms with Gasteiger partial charge in [-0.3, -0.25) is 14.6 Å². The van der Waals surface area contributed by atoms with Crippen molar-refractivity contribution in [2.75, 3.05) is 64.2 Å². The zero-order chi connectivity index (χ0) is 36.0. The van der Waals surface area contributed by atoms with Gasteiger partial charge in [0, 0.05) is 81.7 Å². The van der Waals surface area contributed by atoms with E-state index in [-0.39, 0.29) is 18.0 Å². The number of rotatable bonds is 6. The summed E-state index contributed by atoms with van der Waals surface area (Å²) in [5.41, 5.74) is 12.1. The number of likely N-dealkylation sites (tertiary alicyclic amines) is 2. The fourth-order valence-corrected chi connectivity index (χ4v) is 7.37. The van der Waals surface area contributed by atoms with Crippen LogP contribution in [0.1, 0.15) is 42.4 Å². The first-order chi connectivity index (χ1) is 23.8. The van der Waals surface area contributed by atoms with Crippen molar-refractivity contribution in [2.24, 2.45) is 0 Å². The maximum absolute atomic E-state index is 12.7. The van der Waals surface area contributed by atoms with Gasteiger partial charge in [0.2, 0.25) is 5.91 Å². The number of carboxylic acid groups (broad SMARTS) is 1. The van der Waals surface area contributed by atoms with E-state index in [4.69, 9.17) is 22.4 Å². The van der Waals surface area contributed by atoms with Gasteiger partial charge in [-0.05, 0) is 67.9 Å². The molecule has 3 N–H and O–H groups in total. The third-order valence-electron chi connectivity index (χ3n) is 10.1. The van der Waals surface area contributed by atoms with Gasteiger partial charge in [-0.25, -0.2) is 9.59 Å². The highest BCUT2D eigenvalue weighted by molar-refractivity contribution is 6.31. The fourth-order valence-electron chi connectivity index (χ4n) is 7.25. The van der Waals surface area contributed by atoms with E-state index in [0.717, 1.165) is 35.2 Å². The Hall–Kier alpha value is -3.59.